The summed E-state index contributed by atoms with van der Waals surface area (Å²) in [6, 6.07) is 7.05. The molecule has 0 unspecified atom stereocenters. The molecule has 1 aromatic rings. The van der Waals surface area contributed by atoms with Crippen molar-refractivity contribution in [3.63, 3.8) is 0 Å². The van der Waals surface area contributed by atoms with Gasteiger partial charge in [0, 0.05) is 24.5 Å². The minimum absolute atomic E-state index is 0.170. The Hall–Kier alpha value is -2.28. The fourth-order valence-electron chi connectivity index (χ4n) is 3.59. The highest BCUT2D eigenvalue weighted by Gasteiger charge is 2.53. The van der Waals surface area contributed by atoms with E-state index in [0.29, 0.717) is 31.0 Å². The fourth-order valence-corrected chi connectivity index (χ4v) is 3.71. The van der Waals surface area contributed by atoms with E-state index < -0.39 is 17.2 Å². The molecule has 0 N–H and O–H groups in total. The Kier molecular flexibility index (Phi) is 7.98. The van der Waals surface area contributed by atoms with Crippen LogP contribution < -0.4 is 0 Å². The quantitative estimate of drug-likeness (QED) is 0.566. The van der Waals surface area contributed by atoms with Crippen LogP contribution in [0.5, 0.6) is 0 Å². The van der Waals surface area contributed by atoms with Crippen molar-refractivity contribution in [3.05, 3.63) is 34.9 Å². The monoisotopic (exact) mass is 452 g/mol. The van der Waals surface area contributed by atoms with Crippen LogP contribution in [0.2, 0.25) is 5.02 Å². The van der Waals surface area contributed by atoms with Crippen LogP contribution in [0.25, 0.3) is 0 Å². The molecule has 1 aliphatic heterocycles. The van der Waals surface area contributed by atoms with Crippen molar-refractivity contribution in [3.8, 4) is 0 Å². The number of likely N-dealkylation sites (tertiary alicyclic amines) is 1. The predicted molar refractivity (Wildman–Crippen MR) is 119 cm³/mol. The van der Waals surface area contributed by atoms with Gasteiger partial charge in [-0.2, -0.15) is 0 Å². The van der Waals surface area contributed by atoms with Gasteiger partial charge in [0.2, 0.25) is 5.91 Å². The van der Waals surface area contributed by atoms with Crippen molar-refractivity contribution in [1.82, 2.24) is 9.80 Å². The van der Waals surface area contributed by atoms with Crippen LogP contribution in [0, 0.1) is 0 Å². The molecular weight excluding hydrogens is 420 g/mol. The minimum Gasteiger partial charge on any atom is -0.469 e. The standard InChI is InChI=1S/C23H33ClN2O5/c1-16(17-9-11-18(24)12-10-17)25(14-7-8-19(27)30-6)20(28)23(5)13-15-26(23)21(29)31-22(2,3)4/h9-12,16H,7-8,13-15H2,1-6H3/t16-,23-/m1/s1. The van der Waals surface area contributed by atoms with E-state index in [-0.39, 0.29) is 24.3 Å². The zero-order valence-corrected chi connectivity index (χ0v) is 20.0. The molecular formula is C23H33ClN2O5. The number of amides is 2. The van der Waals surface area contributed by atoms with Crippen molar-refractivity contribution in [2.45, 2.75) is 71.1 Å². The maximum atomic E-state index is 13.7. The predicted octanol–water partition coefficient (Wildman–Crippen LogP) is 4.58. The fraction of sp³-hybridized carbons (Fsp3) is 0.609. The first kappa shape index (κ1) is 25.0. The van der Waals surface area contributed by atoms with Gasteiger partial charge >= 0.3 is 12.1 Å². The molecule has 7 nitrogen and oxygen atoms in total. The lowest BCUT2D eigenvalue weighted by Gasteiger charge is -2.51. The number of ether oxygens (including phenoxy) is 2. The van der Waals surface area contributed by atoms with Crippen LogP contribution in [0.3, 0.4) is 0 Å². The molecule has 0 bridgehead atoms. The minimum atomic E-state index is -0.992. The van der Waals surface area contributed by atoms with Crippen LogP contribution in [-0.2, 0) is 19.1 Å². The average molecular weight is 453 g/mol. The Morgan fingerprint density at radius 1 is 1.23 bits per heavy atom. The number of hydrogen-bond donors (Lipinski definition) is 0. The summed E-state index contributed by atoms with van der Waals surface area (Å²) in [4.78, 5) is 41.1. The first-order chi connectivity index (χ1) is 14.4. The summed E-state index contributed by atoms with van der Waals surface area (Å²) in [6.45, 7) is 9.91. The maximum Gasteiger partial charge on any atom is 0.411 e. The Bertz CT molecular complexity index is 805. The lowest BCUT2D eigenvalue weighted by Crippen LogP contribution is -2.68. The Balaban J connectivity index is 2.24. The summed E-state index contributed by atoms with van der Waals surface area (Å²) >= 11 is 6.01. The van der Waals surface area contributed by atoms with Crippen LogP contribution in [0.1, 0.15) is 65.5 Å². The second-order valence-electron chi connectivity index (χ2n) is 9.06. The van der Waals surface area contributed by atoms with Crippen LogP contribution in [0.15, 0.2) is 24.3 Å². The Morgan fingerprint density at radius 2 is 1.84 bits per heavy atom. The van der Waals surface area contributed by atoms with Gasteiger partial charge in [-0.1, -0.05) is 23.7 Å². The van der Waals surface area contributed by atoms with E-state index in [0.717, 1.165) is 5.56 Å². The number of esters is 1. The third kappa shape index (κ3) is 6.12. The van der Waals surface area contributed by atoms with E-state index in [1.165, 1.54) is 12.0 Å². The molecule has 2 atom stereocenters. The molecule has 0 spiro atoms. The van der Waals surface area contributed by atoms with Gasteiger partial charge in [-0.05, 0) is 65.2 Å². The lowest BCUT2D eigenvalue weighted by atomic mass is 9.84. The molecule has 0 radical (unpaired) electrons. The van der Waals surface area contributed by atoms with Crippen molar-refractivity contribution in [1.29, 1.82) is 0 Å². The number of carbonyl (C=O) groups is 3. The first-order valence-corrected chi connectivity index (χ1v) is 10.9. The third-order valence-electron chi connectivity index (χ3n) is 5.58. The normalized spacial score (nSPS) is 19.3. The molecule has 1 aromatic carbocycles. The summed E-state index contributed by atoms with van der Waals surface area (Å²) in [5.41, 5.74) is -0.718. The largest absolute Gasteiger partial charge is 0.469 e. The van der Waals surface area contributed by atoms with Crippen LogP contribution >= 0.6 is 11.6 Å². The molecule has 8 heteroatoms. The number of carbonyl (C=O) groups excluding carboxylic acids is 3. The summed E-state index contributed by atoms with van der Waals surface area (Å²) in [6.07, 6.45) is 0.716. The van der Waals surface area contributed by atoms with Gasteiger partial charge < -0.3 is 14.4 Å². The number of methoxy groups -OCH3 is 1. The van der Waals surface area contributed by atoms with Crippen molar-refractivity contribution in [2.75, 3.05) is 20.2 Å². The first-order valence-electron chi connectivity index (χ1n) is 10.5. The molecule has 172 valence electrons. The van der Waals surface area contributed by atoms with Gasteiger partial charge in [0.05, 0.1) is 13.2 Å². The zero-order valence-electron chi connectivity index (χ0n) is 19.2. The van der Waals surface area contributed by atoms with Gasteiger partial charge in [0.1, 0.15) is 11.1 Å². The maximum absolute atomic E-state index is 13.7. The summed E-state index contributed by atoms with van der Waals surface area (Å²) in [5, 5.41) is 0.613. The van der Waals surface area contributed by atoms with E-state index in [4.69, 9.17) is 21.1 Å². The Labute approximate surface area is 189 Å². The number of hydrogen-bond acceptors (Lipinski definition) is 5. The molecule has 1 fully saturated rings. The highest BCUT2D eigenvalue weighted by Crippen LogP contribution is 2.36. The topological polar surface area (TPSA) is 76.2 Å². The third-order valence-corrected chi connectivity index (χ3v) is 5.83. The number of benzene rings is 1. The molecule has 0 aliphatic carbocycles. The van der Waals surface area contributed by atoms with E-state index in [9.17, 15) is 14.4 Å². The van der Waals surface area contributed by atoms with Crippen molar-refractivity contribution in [2.24, 2.45) is 0 Å². The highest BCUT2D eigenvalue weighted by atomic mass is 35.5. The summed E-state index contributed by atoms with van der Waals surface area (Å²) in [5.74, 6) is -0.492. The second-order valence-corrected chi connectivity index (χ2v) is 9.50. The van der Waals surface area contributed by atoms with E-state index in [1.807, 2.05) is 19.1 Å². The number of halogens is 1. The molecule has 1 saturated heterocycles. The lowest BCUT2D eigenvalue weighted by molar-refractivity contribution is -0.154. The van der Waals surface area contributed by atoms with Crippen LogP contribution in [-0.4, -0.2) is 59.1 Å². The molecule has 2 amide bonds. The molecule has 1 heterocycles. The van der Waals surface area contributed by atoms with Gasteiger partial charge in [0.15, 0.2) is 0 Å². The highest BCUT2D eigenvalue weighted by molar-refractivity contribution is 6.30. The SMILES string of the molecule is COC(=O)CCCN(C(=O)[C@@]1(C)CCN1C(=O)OC(C)(C)C)[C@H](C)c1ccc(Cl)cc1. The van der Waals surface area contributed by atoms with Gasteiger partial charge in [-0.25, -0.2) is 4.79 Å². The van der Waals surface area contributed by atoms with E-state index in [1.54, 1.807) is 44.7 Å². The Morgan fingerprint density at radius 3 is 2.32 bits per heavy atom. The van der Waals surface area contributed by atoms with Gasteiger partial charge in [-0.3, -0.25) is 14.5 Å². The molecule has 0 saturated carbocycles. The summed E-state index contributed by atoms with van der Waals surface area (Å²) < 4.78 is 10.2. The smallest absolute Gasteiger partial charge is 0.411 e. The number of nitrogens with zero attached hydrogens (tertiary/aromatic N) is 2. The zero-order chi connectivity index (χ0) is 23.4. The van der Waals surface area contributed by atoms with Crippen molar-refractivity contribution < 1.29 is 23.9 Å². The molecule has 31 heavy (non-hydrogen) atoms. The molecule has 1 aliphatic rings. The van der Waals surface area contributed by atoms with E-state index in [2.05, 4.69) is 0 Å². The summed E-state index contributed by atoms with van der Waals surface area (Å²) in [7, 11) is 1.34. The van der Waals surface area contributed by atoms with Gasteiger partial charge in [0.25, 0.3) is 0 Å². The molecule has 2 rings (SSSR count). The molecule has 0 aromatic heterocycles. The van der Waals surface area contributed by atoms with Crippen LogP contribution in [0.4, 0.5) is 4.79 Å². The number of rotatable bonds is 7. The van der Waals surface area contributed by atoms with Crippen molar-refractivity contribution >= 4 is 29.6 Å². The second kappa shape index (κ2) is 9.90. The van der Waals surface area contributed by atoms with E-state index >= 15 is 0 Å². The average Bonchev–Trinajstić information content (AvgIpc) is 2.67. The van der Waals surface area contributed by atoms with Gasteiger partial charge in [-0.15, -0.1) is 0 Å².